The van der Waals surface area contributed by atoms with Gasteiger partial charge in [0.2, 0.25) is 6.41 Å². The molecule has 0 spiro atoms. The van der Waals surface area contributed by atoms with Gasteiger partial charge in [0.1, 0.15) is 0 Å². The van der Waals surface area contributed by atoms with E-state index in [0.29, 0.717) is 12.8 Å². The van der Waals surface area contributed by atoms with Crippen LogP contribution in [0.4, 0.5) is 0 Å². The molecular formula is C18H31NO3. The molecule has 0 aromatic carbocycles. The SMILES string of the molecule is CCCCCCC(=O)C1=CCC(OCC)C=C1.CCNC=O. The van der Waals surface area contributed by atoms with Crippen molar-refractivity contribution in [3.8, 4) is 0 Å². The average molecular weight is 309 g/mol. The normalized spacial score (nSPS) is 16.3. The predicted octanol–water partition coefficient (Wildman–Crippen LogP) is 3.57. The number of unbranched alkanes of at least 4 members (excludes halogenated alkanes) is 3. The lowest BCUT2D eigenvalue weighted by Crippen LogP contribution is -2.13. The molecule has 1 N–H and O–H groups in total. The van der Waals surface area contributed by atoms with Crippen LogP contribution in [0.1, 0.15) is 59.3 Å². The molecule has 1 unspecified atom stereocenters. The van der Waals surface area contributed by atoms with E-state index in [-0.39, 0.29) is 11.9 Å². The number of hydrogen-bond donors (Lipinski definition) is 1. The molecule has 0 saturated heterocycles. The highest BCUT2D eigenvalue weighted by atomic mass is 16.5. The van der Waals surface area contributed by atoms with Crippen LogP contribution < -0.4 is 5.32 Å². The Morgan fingerprint density at radius 2 is 2.09 bits per heavy atom. The number of nitrogens with one attached hydrogen (secondary N) is 1. The minimum atomic E-state index is 0.164. The van der Waals surface area contributed by atoms with Crippen LogP contribution in [0.15, 0.2) is 23.8 Å². The minimum Gasteiger partial charge on any atom is -0.374 e. The standard InChI is InChI=1S/C15H24O2.C3H7NO/c1-3-5-6-7-8-15(16)13-9-11-14(12-10-13)17-4-2;1-2-4-3-5/h9-11,14H,3-8,12H2,1-2H3;3H,2H2,1H3,(H,4,5). The first-order chi connectivity index (χ1) is 10.7. The number of Topliss-reactive ketones (excluding diaryl/α,β-unsaturated/α-hetero) is 1. The largest absolute Gasteiger partial charge is 0.374 e. The number of carbonyl (C=O) groups is 2. The molecule has 1 aliphatic rings. The zero-order chi connectivity index (χ0) is 16.6. The minimum absolute atomic E-state index is 0.164. The molecule has 0 saturated carbocycles. The third-order valence-electron chi connectivity index (χ3n) is 3.31. The Hall–Kier alpha value is -1.42. The summed E-state index contributed by atoms with van der Waals surface area (Å²) in [6.07, 6.45) is 12.9. The maximum atomic E-state index is 11.9. The second kappa shape index (κ2) is 14.5. The molecule has 0 heterocycles. The molecule has 0 fully saturated rings. The third-order valence-corrected chi connectivity index (χ3v) is 3.31. The predicted molar refractivity (Wildman–Crippen MR) is 90.8 cm³/mol. The molecule has 1 aliphatic carbocycles. The van der Waals surface area contributed by atoms with Crippen LogP contribution in [-0.4, -0.2) is 31.4 Å². The van der Waals surface area contributed by atoms with E-state index < -0.39 is 0 Å². The first-order valence-corrected chi connectivity index (χ1v) is 8.39. The smallest absolute Gasteiger partial charge is 0.207 e. The lowest BCUT2D eigenvalue weighted by Gasteiger charge is -2.15. The number of amides is 1. The Morgan fingerprint density at radius 3 is 2.55 bits per heavy atom. The zero-order valence-corrected chi connectivity index (χ0v) is 14.3. The molecule has 0 aromatic rings. The molecule has 1 rings (SSSR count). The van der Waals surface area contributed by atoms with Crippen molar-refractivity contribution in [2.24, 2.45) is 0 Å². The summed E-state index contributed by atoms with van der Waals surface area (Å²) in [4.78, 5) is 21.2. The van der Waals surface area contributed by atoms with Crippen molar-refractivity contribution in [3.05, 3.63) is 23.8 Å². The molecular weight excluding hydrogens is 278 g/mol. The van der Waals surface area contributed by atoms with Gasteiger partial charge in [-0.2, -0.15) is 0 Å². The summed E-state index contributed by atoms with van der Waals surface area (Å²) in [5, 5.41) is 2.43. The topological polar surface area (TPSA) is 55.4 Å². The monoisotopic (exact) mass is 309 g/mol. The van der Waals surface area contributed by atoms with Gasteiger partial charge in [-0.15, -0.1) is 0 Å². The molecule has 0 bridgehead atoms. The number of hydrogen-bond acceptors (Lipinski definition) is 3. The quantitative estimate of drug-likeness (QED) is 0.496. The molecule has 0 radical (unpaired) electrons. The summed E-state index contributed by atoms with van der Waals surface area (Å²) in [6, 6.07) is 0. The van der Waals surface area contributed by atoms with E-state index in [1.807, 2.05) is 32.1 Å². The van der Waals surface area contributed by atoms with Gasteiger partial charge < -0.3 is 10.1 Å². The van der Waals surface area contributed by atoms with Crippen LogP contribution in [0.5, 0.6) is 0 Å². The van der Waals surface area contributed by atoms with Gasteiger partial charge in [-0.3, -0.25) is 9.59 Å². The first kappa shape index (κ1) is 20.6. The third kappa shape index (κ3) is 10.3. The van der Waals surface area contributed by atoms with Gasteiger partial charge in [-0.05, 0) is 26.7 Å². The van der Waals surface area contributed by atoms with Gasteiger partial charge in [-0.25, -0.2) is 0 Å². The van der Waals surface area contributed by atoms with Crippen LogP contribution in [0.25, 0.3) is 0 Å². The van der Waals surface area contributed by atoms with Crippen molar-refractivity contribution in [2.45, 2.75) is 65.4 Å². The van der Waals surface area contributed by atoms with E-state index in [1.165, 1.54) is 19.3 Å². The Kier molecular flexibility index (Phi) is 13.6. The van der Waals surface area contributed by atoms with Gasteiger partial charge in [0.15, 0.2) is 5.78 Å². The molecule has 0 aromatic heterocycles. The van der Waals surface area contributed by atoms with Crippen LogP contribution in [-0.2, 0) is 14.3 Å². The molecule has 4 heteroatoms. The van der Waals surface area contributed by atoms with Gasteiger partial charge >= 0.3 is 0 Å². The number of allylic oxidation sites excluding steroid dienone is 2. The second-order valence-corrected chi connectivity index (χ2v) is 5.16. The molecule has 4 nitrogen and oxygen atoms in total. The maximum absolute atomic E-state index is 11.9. The van der Waals surface area contributed by atoms with Crippen LogP contribution in [0.2, 0.25) is 0 Å². The summed E-state index contributed by atoms with van der Waals surface area (Å²) in [7, 11) is 0. The number of carbonyl (C=O) groups excluding carboxylic acids is 2. The molecule has 126 valence electrons. The zero-order valence-electron chi connectivity index (χ0n) is 14.3. The average Bonchev–Trinajstić information content (AvgIpc) is 2.54. The fourth-order valence-electron chi connectivity index (χ4n) is 2.09. The number of ketones is 1. The van der Waals surface area contributed by atoms with Gasteiger partial charge in [0, 0.05) is 25.1 Å². The molecule has 0 aliphatic heterocycles. The fraction of sp³-hybridized carbons (Fsp3) is 0.667. The highest BCUT2D eigenvalue weighted by Gasteiger charge is 2.12. The Labute approximate surface area is 135 Å². The lowest BCUT2D eigenvalue weighted by atomic mass is 9.98. The van der Waals surface area contributed by atoms with E-state index >= 15 is 0 Å². The molecule has 22 heavy (non-hydrogen) atoms. The number of ether oxygens (including phenoxy) is 1. The second-order valence-electron chi connectivity index (χ2n) is 5.16. The van der Waals surface area contributed by atoms with Gasteiger partial charge in [0.25, 0.3) is 0 Å². The van der Waals surface area contributed by atoms with Gasteiger partial charge in [0.05, 0.1) is 6.10 Å². The summed E-state index contributed by atoms with van der Waals surface area (Å²) in [5.41, 5.74) is 0.873. The summed E-state index contributed by atoms with van der Waals surface area (Å²) in [6.45, 7) is 7.50. The van der Waals surface area contributed by atoms with Crippen LogP contribution in [0.3, 0.4) is 0 Å². The Morgan fingerprint density at radius 1 is 1.32 bits per heavy atom. The van der Waals surface area contributed by atoms with E-state index in [1.54, 1.807) is 0 Å². The molecule has 1 atom stereocenters. The Balaban J connectivity index is 0.000000763. The van der Waals surface area contributed by atoms with E-state index in [2.05, 4.69) is 12.2 Å². The van der Waals surface area contributed by atoms with Crippen LogP contribution >= 0.6 is 0 Å². The summed E-state index contributed by atoms with van der Waals surface area (Å²) in [5.74, 6) is 0.285. The van der Waals surface area contributed by atoms with Gasteiger partial charge in [-0.1, -0.05) is 44.4 Å². The molecule has 1 amide bonds. The van der Waals surface area contributed by atoms with Crippen molar-refractivity contribution in [2.75, 3.05) is 13.2 Å². The van der Waals surface area contributed by atoms with Crippen molar-refractivity contribution in [3.63, 3.8) is 0 Å². The highest BCUT2D eigenvalue weighted by Crippen LogP contribution is 2.16. The first-order valence-electron chi connectivity index (χ1n) is 8.39. The fourth-order valence-corrected chi connectivity index (χ4v) is 2.09. The van der Waals surface area contributed by atoms with Crippen molar-refractivity contribution >= 4 is 12.2 Å². The summed E-state index contributed by atoms with van der Waals surface area (Å²) >= 11 is 0. The van der Waals surface area contributed by atoms with Crippen molar-refractivity contribution in [1.29, 1.82) is 0 Å². The number of rotatable bonds is 10. The van der Waals surface area contributed by atoms with E-state index in [4.69, 9.17) is 4.74 Å². The van der Waals surface area contributed by atoms with E-state index in [0.717, 1.165) is 31.6 Å². The lowest BCUT2D eigenvalue weighted by molar-refractivity contribution is -0.115. The Bertz CT molecular complexity index is 361. The maximum Gasteiger partial charge on any atom is 0.207 e. The summed E-state index contributed by atoms with van der Waals surface area (Å²) < 4.78 is 5.48. The van der Waals surface area contributed by atoms with Crippen LogP contribution in [0, 0.1) is 0 Å². The van der Waals surface area contributed by atoms with Crippen molar-refractivity contribution in [1.82, 2.24) is 5.32 Å². The van der Waals surface area contributed by atoms with E-state index in [9.17, 15) is 9.59 Å². The highest BCUT2D eigenvalue weighted by molar-refractivity contribution is 5.98. The van der Waals surface area contributed by atoms with Crippen molar-refractivity contribution < 1.29 is 14.3 Å².